The second-order valence-electron chi connectivity index (χ2n) is 4.60. The van der Waals surface area contributed by atoms with Crippen LogP contribution in [-0.4, -0.2) is 48.5 Å². The molecule has 1 rings (SSSR count). The molecule has 0 radical (unpaired) electrons. The van der Waals surface area contributed by atoms with Crippen LogP contribution in [0.2, 0.25) is 0 Å². The first-order valence-corrected chi connectivity index (χ1v) is 7.41. The van der Waals surface area contributed by atoms with Crippen LogP contribution in [-0.2, 0) is 0 Å². The molecule has 5 heteroatoms. The SMILES string of the molecule is CCNc1ccc(C(=O)NCCCN(CC)CC)nc1. The second-order valence-corrected chi connectivity index (χ2v) is 4.60. The van der Waals surface area contributed by atoms with Crippen LogP contribution in [0, 0.1) is 0 Å². The zero-order chi connectivity index (χ0) is 14.8. The number of hydrogen-bond acceptors (Lipinski definition) is 4. The van der Waals surface area contributed by atoms with E-state index in [9.17, 15) is 4.79 Å². The first kappa shape index (κ1) is 16.4. The number of pyridine rings is 1. The minimum Gasteiger partial charge on any atom is -0.384 e. The third-order valence-corrected chi connectivity index (χ3v) is 3.21. The third kappa shape index (κ3) is 5.57. The molecule has 1 aromatic rings. The van der Waals surface area contributed by atoms with E-state index in [1.807, 2.05) is 13.0 Å². The summed E-state index contributed by atoms with van der Waals surface area (Å²) in [6.45, 7) is 11.0. The van der Waals surface area contributed by atoms with Gasteiger partial charge in [0.25, 0.3) is 5.91 Å². The van der Waals surface area contributed by atoms with E-state index in [4.69, 9.17) is 0 Å². The van der Waals surface area contributed by atoms with Crippen molar-refractivity contribution in [2.75, 3.05) is 38.0 Å². The fourth-order valence-electron chi connectivity index (χ4n) is 1.97. The summed E-state index contributed by atoms with van der Waals surface area (Å²) in [7, 11) is 0. The minimum atomic E-state index is -0.104. The van der Waals surface area contributed by atoms with Crippen molar-refractivity contribution >= 4 is 11.6 Å². The van der Waals surface area contributed by atoms with Gasteiger partial charge in [0, 0.05) is 13.1 Å². The fourth-order valence-corrected chi connectivity index (χ4v) is 1.97. The van der Waals surface area contributed by atoms with Crippen LogP contribution >= 0.6 is 0 Å². The van der Waals surface area contributed by atoms with Crippen LogP contribution in [0.5, 0.6) is 0 Å². The minimum absolute atomic E-state index is 0.104. The van der Waals surface area contributed by atoms with E-state index in [0.29, 0.717) is 12.2 Å². The number of amides is 1. The highest BCUT2D eigenvalue weighted by atomic mass is 16.1. The lowest BCUT2D eigenvalue weighted by Gasteiger charge is -2.17. The summed E-state index contributed by atoms with van der Waals surface area (Å²) in [6, 6.07) is 3.62. The van der Waals surface area contributed by atoms with Gasteiger partial charge in [0.15, 0.2) is 0 Å². The Morgan fingerprint density at radius 2 is 2.00 bits per heavy atom. The summed E-state index contributed by atoms with van der Waals surface area (Å²) >= 11 is 0. The number of nitrogens with zero attached hydrogens (tertiary/aromatic N) is 2. The zero-order valence-electron chi connectivity index (χ0n) is 12.8. The summed E-state index contributed by atoms with van der Waals surface area (Å²) in [6.07, 6.45) is 2.65. The molecular formula is C15H26N4O. The molecule has 0 saturated carbocycles. The van der Waals surface area contributed by atoms with Gasteiger partial charge in [0.1, 0.15) is 5.69 Å². The largest absolute Gasteiger partial charge is 0.384 e. The monoisotopic (exact) mass is 278 g/mol. The maximum absolute atomic E-state index is 11.9. The lowest BCUT2D eigenvalue weighted by atomic mass is 10.3. The van der Waals surface area contributed by atoms with Crippen molar-refractivity contribution in [2.45, 2.75) is 27.2 Å². The molecule has 2 N–H and O–H groups in total. The molecule has 0 unspecified atom stereocenters. The quantitative estimate of drug-likeness (QED) is 0.678. The average Bonchev–Trinajstić information content (AvgIpc) is 2.48. The van der Waals surface area contributed by atoms with Gasteiger partial charge >= 0.3 is 0 Å². The molecule has 0 bridgehead atoms. The summed E-state index contributed by atoms with van der Waals surface area (Å²) in [5, 5.41) is 6.06. The lowest BCUT2D eigenvalue weighted by Crippen LogP contribution is -2.30. The molecule has 0 aliphatic heterocycles. The van der Waals surface area contributed by atoms with Crippen molar-refractivity contribution in [2.24, 2.45) is 0 Å². The van der Waals surface area contributed by atoms with E-state index in [1.54, 1.807) is 12.3 Å². The molecule has 0 aliphatic rings. The summed E-state index contributed by atoms with van der Waals surface area (Å²) in [5.41, 5.74) is 1.40. The number of hydrogen-bond donors (Lipinski definition) is 2. The smallest absolute Gasteiger partial charge is 0.269 e. The Labute approximate surface area is 121 Å². The van der Waals surface area contributed by atoms with Gasteiger partial charge < -0.3 is 15.5 Å². The van der Waals surface area contributed by atoms with Gasteiger partial charge in [0.2, 0.25) is 0 Å². The van der Waals surface area contributed by atoms with Crippen LogP contribution in [0.3, 0.4) is 0 Å². The van der Waals surface area contributed by atoms with Gasteiger partial charge in [-0.05, 0) is 45.1 Å². The van der Waals surface area contributed by atoms with Gasteiger partial charge in [-0.1, -0.05) is 13.8 Å². The highest BCUT2D eigenvalue weighted by Gasteiger charge is 2.06. The fraction of sp³-hybridized carbons (Fsp3) is 0.600. The maximum atomic E-state index is 11.9. The first-order valence-electron chi connectivity index (χ1n) is 7.41. The molecule has 1 aromatic heterocycles. The normalized spacial score (nSPS) is 10.6. The van der Waals surface area contributed by atoms with E-state index in [1.165, 1.54) is 0 Å². The Morgan fingerprint density at radius 1 is 1.25 bits per heavy atom. The standard InChI is InChI=1S/C15H26N4O/c1-4-16-13-8-9-14(18-12-13)15(20)17-10-7-11-19(5-2)6-3/h8-9,12,16H,4-7,10-11H2,1-3H3,(H,17,20). The van der Waals surface area contributed by atoms with Crippen LogP contribution < -0.4 is 10.6 Å². The number of aromatic nitrogens is 1. The van der Waals surface area contributed by atoms with Crippen molar-refractivity contribution in [3.63, 3.8) is 0 Å². The van der Waals surface area contributed by atoms with Crippen LogP contribution in [0.15, 0.2) is 18.3 Å². The molecule has 0 saturated heterocycles. The number of carbonyl (C=O) groups excluding carboxylic acids is 1. The maximum Gasteiger partial charge on any atom is 0.269 e. The van der Waals surface area contributed by atoms with E-state index >= 15 is 0 Å². The average molecular weight is 278 g/mol. The van der Waals surface area contributed by atoms with Crippen LogP contribution in [0.4, 0.5) is 5.69 Å². The number of anilines is 1. The van der Waals surface area contributed by atoms with Crippen molar-refractivity contribution in [3.05, 3.63) is 24.0 Å². The van der Waals surface area contributed by atoms with Crippen molar-refractivity contribution < 1.29 is 4.79 Å². The van der Waals surface area contributed by atoms with Crippen molar-refractivity contribution in [1.29, 1.82) is 0 Å². The number of carbonyl (C=O) groups is 1. The Morgan fingerprint density at radius 3 is 2.55 bits per heavy atom. The van der Waals surface area contributed by atoms with Gasteiger partial charge in [-0.15, -0.1) is 0 Å². The summed E-state index contributed by atoms with van der Waals surface area (Å²) in [4.78, 5) is 18.4. The predicted octanol–water partition coefficient (Wildman–Crippen LogP) is 1.98. The number of rotatable bonds is 9. The van der Waals surface area contributed by atoms with E-state index in [2.05, 4.69) is 34.4 Å². The molecule has 0 atom stereocenters. The van der Waals surface area contributed by atoms with Gasteiger partial charge in [-0.2, -0.15) is 0 Å². The Hall–Kier alpha value is -1.62. The Balaban J connectivity index is 2.32. The predicted molar refractivity (Wildman–Crippen MR) is 83.1 cm³/mol. The zero-order valence-corrected chi connectivity index (χ0v) is 12.8. The highest BCUT2D eigenvalue weighted by Crippen LogP contribution is 2.05. The molecule has 0 aromatic carbocycles. The Kier molecular flexibility index (Phi) is 7.65. The molecule has 1 amide bonds. The van der Waals surface area contributed by atoms with E-state index in [-0.39, 0.29) is 5.91 Å². The van der Waals surface area contributed by atoms with Gasteiger partial charge in [-0.3, -0.25) is 4.79 Å². The summed E-state index contributed by atoms with van der Waals surface area (Å²) in [5.74, 6) is -0.104. The molecule has 0 fully saturated rings. The van der Waals surface area contributed by atoms with E-state index in [0.717, 1.165) is 38.3 Å². The topological polar surface area (TPSA) is 57.3 Å². The molecule has 20 heavy (non-hydrogen) atoms. The number of nitrogens with one attached hydrogen (secondary N) is 2. The van der Waals surface area contributed by atoms with Gasteiger partial charge in [-0.25, -0.2) is 4.98 Å². The van der Waals surface area contributed by atoms with Crippen molar-refractivity contribution in [1.82, 2.24) is 15.2 Å². The molecule has 1 heterocycles. The van der Waals surface area contributed by atoms with Crippen LogP contribution in [0.1, 0.15) is 37.7 Å². The Bertz CT molecular complexity index is 387. The van der Waals surface area contributed by atoms with E-state index < -0.39 is 0 Å². The van der Waals surface area contributed by atoms with Gasteiger partial charge in [0.05, 0.1) is 11.9 Å². The van der Waals surface area contributed by atoms with Crippen LogP contribution in [0.25, 0.3) is 0 Å². The molecule has 0 aliphatic carbocycles. The summed E-state index contributed by atoms with van der Waals surface area (Å²) < 4.78 is 0. The third-order valence-electron chi connectivity index (χ3n) is 3.21. The lowest BCUT2D eigenvalue weighted by molar-refractivity contribution is 0.0947. The molecule has 5 nitrogen and oxygen atoms in total. The second kappa shape index (κ2) is 9.31. The van der Waals surface area contributed by atoms with Crippen molar-refractivity contribution in [3.8, 4) is 0 Å². The molecular weight excluding hydrogens is 252 g/mol. The molecule has 112 valence electrons. The first-order chi connectivity index (χ1) is 9.71. The highest BCUT2D eigenvalue weighted by molar-refractivity contribution is 5.92. The molecule has 0 spiro atoms.